The Morgan fingerprint density at radius 3 is 3.00 bits per heavy atom. The number of halogens is 1. The van der Waals surface area contributed by atoms with Crippen LogP contribution in [-0.4, -0.2) is 28.7 Å². The highest BCUT2D eigenvalue weighted by Crippen LogP contribution is 2.28. The smallest absolute Gasteiger partial charge is 0.342 e. The van der Waals surface area contributed by atoms with Crippen molar-refractivity contribution in [2.24, 2.45) is 0 Å². The second kappa shape index (κ2) is 5.20. The largest absolute Gasteiger partial charge is 0.491 e. The summed E-state index contributed by atoms with van der Waals surface area (Å²) in [6, 6.07) is 1.19. The normalized spacial score (nSPS) is 14.3. The molecule has 5 nitrogen and oxygen atoms in total. The van der Waals surface area contributed by atoms with Crippen molar-refractivity contribution in [3.63, 3.8) is 0 Å². The molecule has 1 fully saturated rings. The molecule has 1 aliphatic carbocycles. The minimum atomic E-state index is -0.931. The third-order valence-corrected chi connectivity index (χ3v) is 2.53. The van der Waals surface area contributed by atoms with Gasteiger partial charge in [-0.1, -0.05) is 6.92 Å². The maximum Gasteiger partial charge on any atom is 0.342 e. The van der Waals surface area contributed by atoms with Crippen molar-refractivity contribution in [3.8, 4) is 5.88 Å². The van der Waals surface area contributed by atoms with Crippen molar-refractivity contribution in [3.05, 3.63) is 17.4 Å². The summed E-state index contributed by atoms with van der Waals surface area (Å²) in [4.78, 5) is 15.4. The molecule has 1 aromatic rings. The third kappa shape index (κ3) is 2.88. The first-order chi connectivity index (χ1) is 8.61. The summed E-state index contributed by atoms with van der Waals surface area (Å²) in [6.45, 7) is 2.14. The molecule has 2 N–H and O–H groups in total. The molecule has 0 aromatic carbocycles. The third-order valence-electron chi connectivity index (χ3n) is 2.53. The Kier molecular flexibility index (Phi) is 3.64. The molecule has 98 valence electrons. The second-order valence-electron chi connectivity index (χ2n) is 4.24. The Bertz CT molecular complexity index is 461. The number of aromatic nitrogens is 1. The van der Waals surface area contributed by atoms with Crippen molar-refractivity contribution in [1.82, 2.24) is 4.98 Å². The Labute approximate surface area is 104 Å². The lowest BCUT2D eigenvalue weighted by Gasteiger charge is -2.10. The SMILES string of the molecule is CCCOC(=O)c1cc(F)c(O)nc1NC1CC1. The molecule has 2 rings (SSSR count). The number of nitrogens with zero attached hydrogens (tertiary/aromatic N) is 1. The summed E-state index contributed by atoms with van der Waals surface area (Å²) in [5.41, 5.74) is 0.0191. The van der Waals surface area contributed by atoms with Gasteiger partial charge in [-0.25, -0.2) is 9.18 Å². The number of esters is 1. The maximum atomic E-state index is 13.2. The Morgan fingerprint density at radius 1 is 1.67 bits per heavy atom. The van der Waals surface area contributed by atoms with Crippen LogP contribution in [0.3, 0.4) is 0 Å². The number of aromatic hydroxyl groups is 1. The highest BCUT2D eigenvalue weighted by molar-refractivity contribution is 5.94. The fourth-order valence-electron chi connectivity index (χ4n) is 1.44. The molecule has 6 heteroatoms. The van der Waals surface area contributed by atoms with E-state index in [2.05, 4.69) is 10.3 Å². The van der Waals surface area contributed by atoms with E-state index in [1.165, 1.54) is 0 Å². The van der Waals surface area contributed by atoms with Crippen LogP contribution in [0.5, 0.6) is 5.88 Å². The van der Waals surface area contributed by atoms with Gasteiger partial charge in [0.25, 0.3) is 0 Å². The van der Waals surface area contributed by atoms with Crippen molar-refractivity contribution in [1.29, 1.82) is 0 Å². The molecule has 0 saturated heterocycles. The first-order valence-electron chi connectivity index (χ1n) is 5.95. The fourth-order valence-corrected chi connectivity index (χ4v) is 1.44. The zero-order valence-corrected chi connectivity index (χ0v) is 10.1. The highest BCUT2D eigenvalue weighted by atomic mass is 19.1. The molecular weight excluding hydrogens is 239 g/mol. The van der Waals surface area contributed by atoms with Gasteiger partial charge in [0.15, 0.2) is 5.82 Å². The van der Waals surface area contributed by atoms with Crippen LogP contribution < -0.4 is 5.32 Å². The van der Waals surface area contributed by atoms with E-state index >= 15 is 0 Å². The first-order valence-corrected chi connectivity index (χ1v) is 5.95. The molecule has 0 atom stereocenters. The summed E-state index contributed by atoms with van der Waals surface area (Å²) < 4.78 is 18.2. The molecule has 0 amide bonds. The average Bonchev–Trinajstić information content (AvgIpc) is 3.14. The summed E-state index contributed by atoms with van der Waals surface area (Å²) >= 11 is 0. The van der Waals surface area contributed by atoms with Gasteiger partial charge in [-0.15, -0.1) is 0 Å². The first kappa shape index (κ1) is 12.6. The van der Waals surface area contributed by atoms with Gasteiger partial charge in [0, 0.05) is 6.04 Å². The summed E-state index contributed by atoms with van der Waals surface area (Å²) in [6.07, 6.45) is 2.64. The quantitative estimate of drug-likeness (QED) is 0.787. The Hall–Kier alpha value is -1.85. The standard InChI is InChI=1S/C12H15FN2O3/c1-2-5-18-12(17)8-6-9(13)11(16)15-10(8)14-7-3-4-7/h6-7H,2-5H2,1H3,(H2,14,15,16). The zero-order valence-electron chi connectivity index (χ0n) is 10.1. The Morgan fingerprint density at radius 2 is 2.39 bits per heavy atom. The van der Waals surface area contributed by atoms with Gasteiger partial charge < -0.3 is 15.2 Å². The number of pyridine rings is 1. The number of ether oxygens (including phenoxy) is 1. The molecule has 0 bridgehead atoms. The molecule has 0 aliphatic heterocycles. The van der Waals surface area contributed by atoms with E-state index in [0.717, 1.165) is 18.9 Å². The summed E-state index contributed by atoms with van der Waals surface area (Å²) in [5, 5.41) is 12.2. The van der Waals surface area contributed by atoms with E-state index in [0.29, 0.717) is 6.42 Å². The van der Waals surface area contributed by atoms with E-state index < -0.39 is 17.7 Å². The zero-order chi connectivity index (χ0) is 13.1. The highest BCUT2D eigenvalue weighted by Gasteiger charge is 2.26. The van der Waals surface area contributed by atoms with Gasteiger partial charge in [-0.3, -0.25) is 0 Å². The van der Waals surface area contributed by atoms with Crippen molar-refractivity contribution in [2.75, 3.05) is 11.9 Å². The average molecular weight is 254 g/mol. The van der Waals surface area contributed by atoms with Crippen LogP contribution in [0.15, 0.2) is 6.07 Å². The van der Waals surface area contributed by atoms with E-state index in [1.807, 2.05) is 6.92 Å². The number of anilines is 1. The van der Waals surface area contributed by atoms with Gasteiger partial charge in [0.2, 0.25) is 5.88 Å². The maximum absolute atomic E-state index is 13.2. The molecule has 0 radical (unpaired) electrons. The minimum absolute atomic E-state index is 0.0191. The number of carbonyl (C=O) groups excluding carboxylic acids is 1. The number of hydrogen-bond donors (Lipinski definition) is 2. The summed E-state index contributed by atoms with van der Waals surface area (Å²) in [7, 11) is 0. The molecule has 1 saturated carbocycles. The molecular formula is C12H15FN2O3. The van der Waals surface area contributed by atoms with Crippen LogP contribution in [0.1, 0.15) is 36.5 Å². The predicted octanol–water partition coefficient (Wildman–Crippen LogP) is 2.07. The molecule has 18 heavy (non-hydrogen) atoms. The number of carbonyl (C=O) groups is 1. The molecule has 1 aromatic heterocycles. The van der Waals surface area contributed by atoms with Crippen molar-refractivity contribution >= 4 is 11.8 Å². The second-order valence-corrected chi connectivity index (χ2v) is 4.24. The fraction of sp³-hybridized carbons (Fsp3) is 0.500. The minimum Gasteiger partial charge on any atom is -0.491 e. The van der Waals surface area contributed by atoms with Crippen LogP contribution in [0, 0.1) is 5.82 Å². The van der Waals surface area contributed by atoms with Gasteiger partial charge in [0.05, 0.1) is 6.61 Å². The lowest BCUT2D eigenvalue weighted by molar-refractivity contribution is 0.0505. The molecule has 1 aliphatic rings. The van der Waals surface area contributed by atoms with Gasteiger partial charge in [0.1, 0.15) is 11.4 Å². The van der Waals surface area contributed by atoms with Crippen LogP contribution in [-0.2, 0) is 4.74 Å². The topological polar surface area (TPSA) is 71.5 Å². The lowest BCUT2D eigenvalue weighted by Crippen LogP contribution is -2.13. The van der Waals surface area contributed by atoms with Crippen LogP contribution >= 0.6 is 0 Å². The number of nitrogens with one attached hydrogen (secondary N) is 1. The van der Waals surface area contributed by atoms with Crippen LogP contribution in [0.25, 0.3) is 0 Å². The molecule has 0 spiro atoms. The van der Waals surface area contributed by atoms with Gasteiger partial charge in [-0.05, 0) is 25.3 Å². The predicted molar refractivity (Wildman–Crippen MR) is 63.1 cm³/mol. The van der Waals surface area contributed by atoms with E-state index in [9.17, 15) is 14.3 Å². The summed E-state index contributed by atoms with van der Waals surface area (Å²) in [5.74, 6) is -2.10. The molecule has 1 heterocycles. The van der Waals surface area contributed by atoms with E-state index in [1.54, 1.807) is 0 Å². The Balaban J connectivity index is 2.24. The van der Waals surface area contributed by atoms with Crippen LogP contribution in [0.4, 0.5) is 10.2 Å². The van der Waals surface area contributed by atoms with Crippen LogP contribution in [0.2, 0.25) is 0 Å². The van der Waals surface area contributed by atoms with Gasteiger partial charge >= 0.3 is 5.97 Å². The van der Waals surface area contributed by atoms with Gasteiger partial charge in [-0.2, -0.15) is 4.98 Å². The van der Waals surface area contributed by atoms with E-state index in [-0.39, 0.29) is 24.0 Å². The van der Waals surface area contributed by atoms with Crippen molar-refractivity contribution in [2.45, 2.75) is 32.2 Å². The monoisotopic (exact) mass is 254 g/mol. The lowest BCUT2D eigenvalue weighted by atomic mass is 10.2. The van der Waals surface area contributed by atoms with Crippen molar-refractivity contribution < 1.29 is 19.0 Å². The number of hydrogen-bond acceptors (Lipinski definition) is 5. The van der Waals surface area contributed by atoms with E-state index in [4.69, 9.17) is 4.74 Å². The number of rotatable bonds is 5. The molecule has 0 unspecified atom stereocenters.